The first-order chi connectivity index (χ1) is 16.4. The smallest absolute Gasteiger partial charge is 0.343 e. The molecule has 1 aliphatic carbocycles. The summed E-state index contributed by atoms with van der Waals surface area (Å²) in [4.78, 5) is 26.8. The highest BCUT2D eigenvalue weighted by Gasteiger charge is 2.54. The highest BCUT2D eigenvalue weighted by molar-refractivity contribution is 9.10. The maximum atomic E-state index is 13.9. The van der Waals surface area contributed by atoms with Gasteiger partial charge in [-0.1, -0.05) is 15.9 Å². The Hall–Kier alpha value is -3.52. The molecule has 0 saturated heterocycles. The van der Waals surface area contributed by atoms with Crippen LogP contribution in [0.25, 0.3) is 0 Å². The van der Waals surface area contributed by atoms with Crippen LogP contribution >= 0.6 is 15.9 Å². The van der Waals surface area contributed by atoms with Gasteiger partial charge in [0, 0.05) is 16.6 Å². The summed E-state index contributed by atoms with van der Waals surface area (Å²) in [5.41, 5.74) is 1.49. The van der Waals surface area contributed by atoms with E-state index in [0.717, 1.165) is 15.6 Å². The zero-order chi connectivity index (χ0) is 24.0. The Morgan fingerprint density at radius 3 is 2.32 bits per heavy atom. The molecule has 0 bridgehead atoms. The Morgan fingerprint density at radius 2 is 1.65 bits per heavy atom. The summed E-state index contributed by atoms with van der Waals surface area (Å²) in [5, 5.41) is 0. The second-order valence-electron chi connectivity index (χ2n) is 8.14. The molecule has 174 valence electrons. The lowest BCUT2D eigenvalue weighted by atomic mass is 9.60. The third-order valence-electron chi connectivity index (χ3n) is 6.31. The first kappa shape index (κ1) is 22.3. The third kappa shape index (κ3) is 3.40. The molecule has 0 fully saturated rings. The fourth-order valence-electron chi connectivity index (χ4n) is 4.51. The van der Waals surface area contributed by atoms with Gasteiger partial charge >= 0.3 is 5.97 Å². The van der Waals surface area contributed by atoms with Crippen molar-refractivity contribution in [1.82, 2.24) is 0 Å². The van der Waals surface area contributed by atoms with Crippen molar-refractivity contribution < 1.29 is 33.3 Å². The van der Waals surface area contributed by atoms with Crippen LogP contribution in [0.1, 0.15) is 31.8 Å². The lowest BCUT2D eigenvalue weighted by Gasteiger charge is -2.45. The SMILES string of the molecule is COc1cc2c(c(OC(=O)c3ccc(Br)cc3)c1)C(=O)C1(CO2)Cc2cc(OC)c(OC)cc21. The Balaban J connectivity index is 1.56. The molecular formula is C26H21BrO7. The molecular weight excluding hydrogens is 504 g/mol. The van der Waals surface area contributed by atoms with Crippen molar-refractivity contribution in [3.05, 3.63) is 75.3 Å². The van der Waals surface area contributed by atoms with Crippen LogP contribution in [-0.2, 0) is 11.8 Å². The van der Waals surface area contributed by atoms with Gasteiger partial charge in [-0.05, 0) is 53.9 Å². The van der Waals surface area contributed by atoms with Crippen molar-refractivity contribution in [3.63, 3.8) is 0 Å². The maximum absolute atomic E-state index is 13.9. The second-order valence-corrected chi connectivity index (χ2v) is 9.05. The average Bonchev–Trinajstić information content (AvgIpc) is 2.84. The van der Waals surface area contributed by atoms with Crippen molar-refractivity contribution >= 4 is 27.7 Å². The first-order valence-corrected chi connectivity index (χ1v) is 11.3. The number of esters is 1. The average molecular weight is 525 g/mol. The van der Waals surface area contributed by atoms with Gasteiger partial charge in [-0.15, -0.1) is 0 Å². The number of hydrogen-bond acceptors (Lipinski definition) is 7. The predicted molar refractivity (Wildman–Crippen MR) is 127 cm³/mol. The molecule has 3 aromatic carbocycles. The number of ketones is 1. The molecule has 0 radical (unpaired) electrons. The van der Waals surface area contributed by atoms with Crippen LogP contribution in [0.4, 0.5) is 0 Å². The van der Waals surface area contributed by atoms with Gasteiger partial charge in [0.25, 0.3) is 0 Å². The lowest BCUT2D eigenvalue weighted by Crippen LogP contribution is -2.53. The quantitative estimate of drug-likeness (QED) is 0.351. The maximum Gasteiger partial charge on any atom is 0.343 e. The Morgan fingerprint density at radius 1 is 0.941 bits per heavy atom. The number of benzene rings is 3. The molecule has 0 amide bonds. The Bertz CT molecular complexity index is 1320. The molecule has 0 aromatic heterocycles. The van der Waals surface area contributed by atoms with E-state index in [1.54, 1.807) is 44.6 Å². The minimum absolute atomic E-state index is 0.0975. The van der Waals surface area contributed by atoms with Crippen LogP contribution in [0.5, 0.6) is 28.7 Å². The van der Waals surface area contributed by atoms with Crippen LogP contribution in [0, 0.1) is 0 Å². The summed E-state index contributed by atoms with van der Waals surface area (Å²) in [6.07, 6.45) is 0.479. The molecule has 1 unspecified atom stereocenters. The van der Waals surface area contributed by atoms with Gasteiger partial charge in [0.05, 0.1) is 32.3 Å². The van der Waals surface area contributed by atoms with E-state index in [0.29, 0.717) is 35.0 Å². The summed E-state index contributed by atoms with van der Waals surface area (Å²) in [5.74, 6) is 1.22. The van der Waals surface area contributed by atoms with Gasteiger partial charge in [0.1, 0.15) is 29.4 Å². The first-order valence-electron chi connectivity index (χ1n) is 10.5. The zero-order valence-corrected chi connectivity index (χ0v) is 20.4. The minimum atomic E-state index is -0.894. The molecule has 5 rings (SSSR count). The molecule has 1 heterocycles. The molecule has 2 aliphatic rings. The van der Waals surface area contributed by atoms with Crippen LogP contribution < -0.4 is 23.7 Å². The lowest BCUT2D eigenvalue weighted by molar-refractivity contribution is 0.0693. The van der Waals surface area contributed by atoms with Gasteiger partial charge in [-0.25, -0.2) is 4.79 Å². The van der Waals surface area contributed by atoms with Crippen molar-refractivity contribution in [3.8, 4) is 28.7 Å². The van der Waals surface area contributed by atoms with Crippen molar-refractivity contribution in [2.45, 2.75) is 11.8 Å². The van der Waals surface area contributed by atoms with E-state index in [4.69, 9.17) is 23.7 Å². The third-order valence-corrected chi connectivity index (χ3v) is 6.84. The van der Waals surface area contributed by atoms with Crippen molar-refractivity contribution in [1.29, 1.82) is 0 Å². The van der Waals surface area contributed by atoms with Crippen LogP contribution in [0.3, 0.4) is 0 Å². The molecule has 3 aromatic rings. The van der Waals surface area contributed by atoms with Crippen LogP contribution in [0.2, 0.25) is 0 Å². The molecule has 1 aliphatic heterocycles. The summed E-state index contributed by atoms with van der Waals surface area (Å²) in [6, 6.07) is 13.6. The standard InChI is InChI=1S/C26H21BrO7/c1-30-17-9-21-23(22(10-17)34-25(29)14-4-6-16(27)7-5-14)24(28)26(13-33-21)12-15-8-19(31-2)20(32-3)11-18(15)26/h4-11H,12-13H2,1-3H3. The number of Topliss-reactive ketones (excluding diaryl/α,β-unsaturated/α-hetero) is 1. The van der Waals surface area contributed by atoms with E-state index >= 15 is 0 Å². The monoisotopic (exact) mass is 524 g/mol. The Labute approximate surface area is 204 Å². The molecule has 8 heteroatoms. The number of hydrogen-bond donors (Lipinski definition) is 0. The van der Waals surface area contributed by atoms with Gasteiger partial charge in [0.2, 0.25) is 0 Å². The molecule has 34 heavy (non-hydrogen) atoms. The highest BCUT2D eigenvalue weighted by Crippen LogP contribution is 2.52. The van der Waals surface area contributed by atoms with E-state index < -0.39 is 11.4 Å². The van der Waals surface area contributed by atoms with E-state index in [1.165, 1.54) is 13.2 Å². The predicted octanol–water partition coefficient (Wildman–Crippen LogP) is 4.76. The summed E-state index contributed by atoms with van der Waals surface area (Å²) < 4.78 is 28.8. The van der Waals surface area contributed by atoms with Crippen LogP contribution in [-0.4, -0.2) is 39.7 Å². The number of carbonyl (C=O) groups is 2. The number of carbonyl (C=O) groups excluding carboxylic acids is 2. The van der Waals surface area contributed by atoms with E-state index in [-0.39, 0.29) is 23.7 Å². The number of rotatable bonds is 5. The normalized spacial score (nSPS) is 17.7. The molecule has 0 saturated carbocycles. The van der Waals surface area contributed by atoms with E-state index in [2.05, 4.69) is 15.9 Å². The summed E-state index contributed by atoms with van der Waals surface area (Å²) in [7, 11) is 4.62. The molecule has 1 atom stereocenters. The van der Waals surface area contributed by atoms with Gasteiger partial charge in [0.15, 0.2) is 17.3 Å². The number of fused-ring (bicyclic) bond motifs is 3. The van der Waals surface area contributed by atoms with E-state index in [9.17, 15) is 9.59 Å². The highest BCUT2D eigenvalue weighted by atomic mass is 79.9. The number of halogens is 1. The summed E-state index contributed by atoms with van der Waals surface area (Å²) >= 11 is 3.35. The fourth-order valence-corrected chi connectivity index (χ4v) is 4.77. The summed E-state index contributed by atoms with van der Waals surface area (Å²) in [6.45, 7) is 0.161. The number of ether oxygens (including phenoxy) is 5. The van der Waals surface area contributed by atoms with Crippen molar-refractivity contribution in [2.24, 2.45) is 0 Å². The zero-order valence-electron chi connectivity index (χ0n) is 18.8. The second kappa shape index (κ2) is 8.36. The largest absolute Gasteiger partial charge is 0.496 e. The topological polar surface area (TPSA) is 80.3 Å². The number of methoxy groups -OCH3 is 3. The van der Waals surface area contributed by atoms with E-state index in [1.807, 2.05) is 12.1 Å². The minimum Gasteiger partial charge on any atom is -0.496 e. The molecule has 1 spiro atoms. The molecule has 0 N–H and O–H groups in total. The van der Waals surface area contributed by atoms with Crippen LogP contribution in [0.15, 0.2) is 53.0 Å². The Kier molecular flexibility index (Phi) is 5.48. The van der Waals surface area contributed by atoms with Gasteiger partial charge in [-0.2, -0.15) is 0 Å². The van der Waals surface area contributed by atoms with Gasteiger partial charge in [-0.3, -0.25) is 4.79 Å². The fraction of sp³-hybridized carbons (Fsp3) is 0.231. The van der Waals surface area contributed by atoms with Crippen molar-refractivity contribution in [2.75, 3.05) is 27.9 Å². The molecule has 7 nitrogen and oxygen atoms in total. The van der Waals surface area contributed by atoms with Gasteiger partial charge < -0.3 is 23.7 Å².